The monoisotopic (exact) mass is 225 g/mol. The van der Waals surface area contributed by atoms with E-state index in [1.54, 1.807) is 0 Å². The minimum Gasteiger partial charge on any atom is -0.327 e. The summed E-state index contributed by atoms with van der Waals surface area (Å²) in [6.45, 7) is 10.9. The largest absolute Gasteiger partial charge is 0.327 e. The Morgan fingerprint density at radius 2 is 2.00 bits per heavy atom. The number of likely N-dealkylation sites (tertiary alicyclic amines) is 2. The highest BCUT2D eigenvalue weighted by Gasteiger charge is 2.27. The quantitative estimate of drug-likeness (QED) is 0.782. The molecule has 0 radical (unpaired) electrons. The summed E-state index contributed by atoms with van der Waals surface area (Å²) in [5.41, 5.74) is 6.02. The Morgan fingerprint density at radius 1 is 1.19 bits per heavy atom. The lowest BCUT2D eigenvalue weighted by Gasteiger charge is -2.32. The van der Waals surface area contributed by atoms with Crippen LogP contribution >= 0.6 is 0 Å². The molecule has 3 heteroatoms. The van der Waals surface area contributed by atoms with Crippen LogP contribution in [-0.2, 0) is 0 Å². The average molecular weight is 225 g/mol. The lowest BCUT2D eigenvalue weighted by Crippen LogP contribution is -2.45. The lowest BCUT2D eigenvalue weighted by atomic mass is 10.0. The van der Waals surface area contributed by atoms with Crippen LogP contribution < -0.4 is 5.73 Å². The Bertz CT molecular complexity index is 217. The molecule has 2 unspecified atom stereocenters. The molecule has 0 aliphatic carbocycles. The van der Waals surface area contributed by atoms with Gasteiger partial charge in [0.05, 0.1) is 0 Å². The van der Waals surface area contributed by atoms with Gasteiger partial charge in [0.2, 0.25) is 0 Å². The van der Waals surface area contributed by atoms with Crippen molar-refractivity contribution in [2.45, 2.75) is 45.2 Å². The van der Waals surface area contributed by atoms with E-state index in [-0.39, 0.29) is 0 Å². The molecule has 0 saturated carbocycles. The van der Waals surface area contributed by atoms with Crippen LogP contribution in [0, 0.1) is 5.92 Å². The molecular formula is C13H27N3. The van der Waals surface area contributed by atoms with E-state index in [0.717, 1.165) is 12.5 Å². The molecule has 0 aromatic rings. The molecule has 0 aromatic carbocycles. The molecule has 0 amide bonds. The van der Waals surface area contributed by atoms with Crippen molar-refractivity contribution in [3.63, 3.8) is 0 Å². The Balaban J connectivity index is 1.74. The number of hydrogen-bond acceptors (Lipinski definition) is 3. The molecule has 2 atom stereocenters. The minimum absolute atomic E-state index is 0.427. The van der Waals surface area contributed by atoms with Crippen LogP contribution in [0.25, 0.3) is 0 Å². The lowest BCUT2D eigenvalue weighted by molar-refractivity contribution is 0.175. The zero-order valence-corrected chi connectivity index (χ0v) is 10.9. The van der Waals surface area contributed by atoms with Gasteiger partial charge >= 0.3 is 0 Å². The van der Waals surface area contributed by atoms with E-state index < -0.39 is 0 Å². The van der Waals surface area contributed by atoms with Gasteiger partial charge in [-0.2, -0.15) is 0 Å². The van der Waals surface area contributed by atoms with Crippen LogP contribution in [0.15, 0.2) is 0 Å². The predicted octanol–water partition coefficient (Wildman–Crippen LogP) is 1.14. The minimum atomic E-state index is 0.427. The summed E-state index contributed by atoms with van der Waals surface area (Å²) in [5.74, 6) is 0.882. The molecule has 2 rings (SSSR count). The first-order valence-corrected chi connectivity index (χ1v) is 6.87. The fourth-order valence-electron chi connectivity index (χ4n) is 3.10. The number of piperidine rings is 1. The second-order valence-electron chi connectivity index (χ2n) is 5.91. The maximum Gasteiger partial charge on any atom is 0.0168 e. The molecule has 2 aliphatic heterocycles. The van der Waals surface area contributed by atoms with Gasteiger partial charge in [0.1, 0.15) is 0 Å². The topological polar surface area (TPSA) is 32.5 Å². The van der Waals surface area contributed by atoms with Gasteiger partial charge in [-0.1, -0.05) is 0 Å². The van der Waals surface area contributed by atoms with Gasteiger partial charge < -0.3 is 15.5 Å². The number of rotatable bonds is 3. The third-order valence-electron chi connectivity index (χ3n) is 4.11. The van der Waals surface area contributed by atoms with Crippen LogP contribution in [0.3, 0.4) is 0 Å². The van der Waals surface area contributed by atoms with E-state index in [9.17, 15) is 0 Å². The standard InChI is InChI=1S/C13H27N3/c1-11(2)16-7-5-12(9-16)8-15-6-3-4-13(14)10-15/h11-13H,3-10,14H2,1-2H3. The van der Waals surface area contributed by atoms with Gasteiger partial charge in [-0.15, -0.1) is 0 Å². The predicted molar refractivity (Wildman–Crippen MR) is 68.5 cm³/mol. The normalized spacial score (nSPS) is 33.8. The van der Waals surface area contributed by atoms with Gasteiger partial charge in [-0.3, -0.25) is 0 Å². The number of hydrogen-bond donors (Lipinski definition) is 1. The summed E-state index contributed by atoms with van der Waals surface area (Å²) in [6.07, 6.45) is 3.89. The molecule has 2 aliphatic rings. The van der Waals surface area contributed by atoms with E-state index in [0.29, 0.717) is 12.1 Å². The molecule has 16 heavy (non-hydrogen) atoms. The highest BCUT2D eigenvalue weighted by atomic mass is 15.2. The molecule has 2 N–H and O–H groups in total. The summed E-state index contributed by atoms with van der Waals surface area (Å²) >= 11 is 0. The van der Waals surface area contributed by atoms with Crippen molar-refractivity contribution in [1.82, 2.24) is 9.80 Å². The van der Waals surface area contributed by atoms with E-state index in [2.05, 4.69) is 23.6 Å². The second-order valence-corrected chi connectivity index (χ2v) is 5.91. The van der Waals surface area contributed by atoms with Crippen LogP contribution in [0.4, 0.5) is 0 Å². The summed E-state index contributed by atoms with van der Waals surface area (Å²) < 4.78 is 0. The zero-order chi connectivity index (χ0) is 11.5. The van der Waals surface area contributed by atoms with Crippen molar-refractivity contribution in [1.29, 1.82) is 0 Å². The van der Waals surface area contributed by atoms with Crippen LogP contribution in [0.1, 0.15) is 33.1 Å². The Kier molecular flexibility index (Phi) is 4.22. The Hall–Kier alpha value is -0.120. The molecule has 2 heterocycles. The van der Waals surface area contributed by atoms with Crippen molar-refractivity contribution in [3.8, 4) is 0 Å². The second kappa shape index (κ2) is 5.48. The average Bonchev–Trinajstić information content (AvgIpc) is 2.66. The molecule has 3 nitrogen and oxygen atoms in total. The van der Waals surface area contributed by atoms with E-state index in [1.165, 1.54) is 45.4 Å². The first-order chi connectivity index (χ1) is 7.65. The summed E-state index contributed by atoms with van der Waals surface area (Å²) in [5, 5.41) is 0. The Labute approximate surface area is 100.0 Å². The summed E-state index contributed by atoms with van der Waals surface area (Å²) in [7, 11) is 0. The van der Waals surface area contributed by atoms with Gasteiger partial charge in [-0.05, 0) is 52.1 Å². The fraction of sp³-hybridized carbons (Fsp3) is 1.00. The third-order valence-corrected chi connectivity index (χ3v) is 4.11. The summed E-state index contributed by atoms with van der Waals surface area (Å²) in [6, 6.07) is 1.14. The van der Waals surface area contributed by atoms with E-state index in [1.807, 2.05) is 0 Å². The van der Waals surface area contributed by atoms with Gasteiger partial charge in [0, 0.05) is 31.7 Å². The fourth-order valence-corrected chi connectivity index (χ4v) is 3.10. The summed E-state index contributed by atoms with van der Waals surface area (Å²) in [4.78, 5) is 5.19. The molecule has 94 valence electrons. The third kappa shape index (κ3) is 3.19. The van der Waals surface area contributed by atoms with Crippen molar-refractivity contribution in [2.24, 2.45) is 11.7 Å². The van der Waals surface area contributed by atoms with Crippen molar-refractivity contribution in [3.05, 3.63) is 0 Å². The molecule has 0 bridgehead atoms. The highest BCUT2D eigenvalue weighted by molar-refractivity contribution is 4.83. The zero-order valence-electron chi connectivity index (χ0n) is 10.9. The molecule has 0 aromatic heterocycles. The smallest absolute Gasteiger partial charge is 0.0168 e. The van der Waals surface area contributed by atoms with Crippen LogP contribution in [0.2, 0.25) is 0 Å². The van der Waals surface area contributed by atoms with Crippen molar-refractivity contribution in [2.75, 3.05) is 32.7 Å². The van der Waals surface area contributed by atoms with Crippen LogP contribution in [0.5, 0.6) is 0 Å². The van der Waals surface area contributed by atoms with Crippen molar-refractivity contribution >= 4 is 0 Å². The van der Waals surface area contributed by atoms with Gasteiger partial charge in [0.15, 0.2) is 0 Å². The molecule has 2 fully saturated rings. The van der Waals surface area contributed by atoms with E-state index >= 15 is 0 Å². The first-order valence-electron chi connectivity index (χ1n) is 6.87. The number of nitrogens with two attached hydrogens (primary N) is 1. The SMILES string of the molecule is CC(C)N1CCC(CN2CCCC(N)C2)C1. The van der Waals surface area contributed by atoms with Crippen LogP contribution in [-0.4, -0.2) is 54.6 Å². The van der Waals surface area contributed by atoms with Crippen molar-refractivity contribution < 1.29 is 0 Å². The number of nitrogens with zero attached hydrogens (tertiary/aromatic N) is 2. The first kappa shape index (κ1) is 12.3. The maximum absolute atomic E-state index is 6.02. The van der Waals surface area contributed by atoms with Gasteiger partial charge in [-0.25, -0.2) is 0 Å². The maximum atomic E-state index is 6.02. The van der Waals surface area contributed by atoms with Gasteiger partial charge in [0.25, 0.3) is 0 Å². The molecule has 0 spiro atoms. The highest BCUT2D eigenvalue weighted by Crippen LogP contribution is 2.21. The van der Waals surface area contributed by atoms with E-state index in [4.69, 9.17) is 5.73 Å². The molecular weight excluding hydrogens is 198 g/mol. The Morgan fingerprint density at radius 3 is 2.62 bits per heavy atom. The molecule has 2 saturated heterocycles.